The van der Waals surface area contributed by atoms with E-state index in [1.807, 2.05) is 4.90 Å². The summed E-state index contributed by atoms with van der Waals surface area (Å²) in [4.78, 5) is 15.4. The van der Waals surface area contributed by atoms with Crippen LogP contribution >= 0.6 is 0 Å². The smallest absolute Gasteiger partial charge is 0.219 e. The number of carbonyl (C=O) groups is 1. The van der Waals surface area contributed by atoms with Crippen LogP contribution in [0.5, 0.6) is 0 Å². The van der Waals surface area contributed by atoms with E-state index in [4.69, 9.17) is 0 Å². The molecule has 2 aliphatic rings. The third kappa shape index (κ3) is 2.95. The summed E-state index contributed by atoms with van der Waals surface area (Å²) < 4.78 is 0. The third-order valence-electron chi connectivity index (χ3n) is 3.62. The molecule has 0 bridgehead atoms. The topological polar surface area (TPSA) is 43.8 Å². The van der Waals surface area contributed by atoms with Crippen LogP contribution < -0.4 is 0 Å². The highest BCUT2D eigenvalue weighted by atomic mass is 16.3. The zero-order chi connectivity index (χ0) is 10.8. The van der Waals surface area contributed by atoms with Crippen LogP contribution in [0.25, 0.3) is 0 Å². The van der Waals surface area contributed by atoms with Gasteiger partial charge >= 0.3 is 0 Å². The van der Waals surface area contributed by atoms with Gasteiger partial charge < -0.3 is 10.0 Å². The Balaban J connectivity index is 0.00000128. The molecule has 0 aromatic heterocycles. The minimum Gasteiger partial charge on any atom is -0.392 e. The van der Waals surface area contributed by atoms with Gasteiger partial charge in [-0.3, -0.25) is 9.69 Å². The maximum absolute atomic E-state index is 11.2. The molecule has 2 aliphatic heterocycles. The summed E-state index contributed by atoms with van der Waals surface area (Å²) in [5.74, 6) is 0.190. The van der Waals surface area contributed by atoms with E-state index in [-0.39, 0.29) is 19.4 Å². The summed E-state index contributed by atoms with van der Waals surface area (Å²) in [7, 11) is 0. The Labute approximate surface area is 98.2 Å². The van der Waals surface area contributed by atoms with Gasteiger partial charge in [0.1, 0.15) is 0 Å². The fourth-order valence-corrected chi connectivity index (χ4v) is 2.65. The predicted molar refractivity (Wildman–Crippen MR) is 64.2 cm³/mol. The molecule has 0 saturated carbocycles. The van der Waals surface area contributed by atoms with E-state index >= 15 is 0 Å². The maximum Gasteiger partial charge on any atom is 0.219 e. The fraction of sp³-hybridized carbons (Fsp3) is 0.917. The van der Waals surface area contributed by atoms with E-state index in [2.05, 4.69) is 4.90 Å². The molecule has 0 aromatic rings. The van der Waals surface area contributed by atoms with E-state index in [0.29, 0.717) is 6.04 Å². The Kier molecular flexibility index (Phi) is 4.74. The number of hydrogen-bond donors (Lipinski definition) is 1. The van der Waals surface area contributed by atoms with E-state index in [1.54, 1.807) is 6.92 Å². The number of amides is 1. The van der Waals surface area contributed by atoms with Crippen LogP contribution in [0.4, 0.5) is 0 Å². The van der Waals surface area contributed by atoms with Crippen LogP contribution in [0, 0.1) is 0 Å². The predicted octanol–water partition coefficient (Wildman–Crippen LogP) is 0.700. The molecule has 1 atom stereocenters. The van der Waals surface area contributed by atoms with Gasteiger partial charge in [0.15, 0.2) is 0 Å². The number of piperidine rings is 1. The van der Waals surface area contributed by atoms with Crippen LogP contribution in [0.1, 0.15) is 33.6 Å². The lowest BCUT2D eigenvalue weighted by molar-refractivity contribution is -0.130. The molecule has 1 N–H and O–H groups in total. The molecule has 94 valence electrons. The highest BCUT2D eigenvalue weighted by Gasteiger charge is 2.30. The molecular weight excluding hydrogens is 204 g/mol. The molecule has 1 unspecified atom stereocenters. The van der Waals surface area contributed by atoms with Crippen molar-refractivity contribution in [1.82, 2.24) is 9.80 Å². The van der Waals surface area contributed by atoms with Crippen molar-refractivity contribution in [2.24, 2.45) is 0 Å². The van der Waals surface area contributed by atoms with Gasteiger partial charge in [-0.1, -0.05) is 7.43 Å². The first kappa shape index (κ1) is 13.5. The van der Waals surface area contributed by atoms with Crippen molar-refractivity contribution in [3.05, 3.63) is 0 Å². The second-order valence-corrected chi connectivity index (χ2v) is 4.67. The largest absolute Gasteiger partial charge is 0.392 e. The summed E-state index contributed by atoms with van der Waals surface area (Å²) in [5, 5.41) is 9.46. The van der Waals surface area contributed by atoms with E-state index in [1.165, 1.54) is 0 Å². The molecule has 0 aliphatic carbocycles. The van der Waals surface area contributed by atoms with Gasteiger partial charge in [-0.15, -0.1) is 0 Å². The molecule has 2 rings (SSSR count). The molecule has 4 nitrogen and oxygen atoms in total. The quantitative estimate of drug-likeness (QED) is 0.718. The molecule has 4 heteroatoms. The lowest BCUT2D eigenvalue weighted by Gasteiger charge is -2.36. The van der Waals surface area contributed by atoms with Crippen molar-refractivity contribution >= 4 is 5.91 Å². The Morgan fingerprint density at radius 1 is 1.19 bits per heavy atom. The zero-order valence-electron chi connectivity index (χ0n) is 9.35. The number of aliphatic hydroxyl groups is 1. The first-order valence-corrected chi connectivity index (χ1v) is 5.84. The monoisotopic (exact) mass is 228 g/mol. The zero-order valence-corrected chi connectivity index (χ0v) is 9.35. The number of likely N-dealkylation sites (tertiary alicyclic amines) is 2. The van der Waals surface area contributed by atoms with Crippen LogP contribution in [0.2, 0.25) is 0 Å². The number of β-amino-alcohol motifs (C(OH)–C–C–N with tert-alkyl or cyclic N) is 1. The summed E-state index contributed by atoms with van der Waals surface area (Å²) in [6, 6.07) is 0.581. The molecule has 2 fully saturated rings. The van der Waals surface area contributed by atoms with Crippen molar-refractivity contribution in [3.63, 3.8) is 0 Å². The molecule has 2 heterocycles. The number of nitrogens with zero attached hydrogens (tertiary/aromatic N) is 2. The van der Waals surface area contributed by atoms with Crippen molar-refractivity contribution < 1.29 is 9.90 Å². The Morgan fingerprint density at radius 2 is 1.81 bits per heavy atom. The molecular formula is C12H24N2O2. The lowest BCUT2D eigenvalue weighted by Crippen LogP contribution is -2.45. The van der Waals surface area contributed by atoms with Gasteiger partial charge in [0, 0.05) is 39.1 Å². The van der Waals surface area contributed by atoms with Gasteiger partial charge in [0.05, 0.1) is 6.10 Å². The van der Waals surface area contributed by atoms with Gasteiger partial charge in [0.25, 0.3) is 0 Å². The molecule has 16 heavy (non-hydrogen) atoms. The van der Waals surface area contributed by atoms with Gasteiger partial charge in [-0.05, 0) is 19.3 Å². The highest BCUT2D eigenvalue weighted by molar-refractivity contribution is 5.73. The molecule has 2 saturated heterocycles. The van der Waals surface area contributed by atoms with Gasteiger partial charge in [-0.2, -0.15) is 0 Å². The van der Waals surface area contributed by atoms with Crippen LogP contribution in [-0.4, -0.2) is 59.1 Å². The van der Waals surface area contributed by atoms with E-state index < -0.39 is 0 Å². The molecule has 0 aromatic carbocycles. The summed E-state index contributed by atoms with van der Waals surface area (Å²) in [5.41, 5.74) is 0. The molecule has 0 radical (unpaired) electrons. The standard InChI is InChI=1S/C11H20N2O2.CH4/c1-9(14)12-5-2-10(3-6-12)13-7-4-11(15)8-13;/h10-11,15H,2-8H2,1H3;1H4. The molecule has 0 spiro atoms. The van der Waals surface area contributed by atoms with Crippen molar-refractivity contribution in [3.8, 4) is 0 Å². The van der Waals surface area contributed by atoms with Crippen LogP contribution in [-0.2, 0) is 4.79 Å². The Bertz CT molecular complexity index is 237. The first-order chi connectivity index (χ1) is 7.16. The second-order valence-electron chi connectivity index (χ2n) is 4.67. The molecule has 1 amide bonds. The normalized spacial score (nSPS) is 27.9. The van der Waals surface area contributed by atoms with E-state index in [9.17, 15) is 9.90 Å². The average molecular weight is 228 g/mol. The van der Waals surface area contributed by atoms with Gasteiger partial charge in [-0.25, -0.2) is 0 Å². The SMILES string of the molecule is C.CC(=O)N1CCC(N2CCC(O)C2)CC1. The summed E-state index contributed by atoms with van der Waals surface area (Å²) >= 11 is 0. The fourth-order valence-electron chi connectivity index (χ4n) is 2.65. The Hall–Kier alpha value is -0.610. The minimum absolute atomic E-state index is 0. The van der Waals surface area contributed by atoms with Crippen molar-refractivity contribution in [2.75, 3.05) is 26.2 Å². The minimum atomic E-state index is -0.129. The highest BCUT2D eigenvalue weighted by Crippen LogP contribution is 2.21. The van der Waals surface area contributed by atoms with Crippen LogP contribution in [0.15, 0.2) is 0 Å². The third-order valence-corrected chi connectivity index (χ3v) is 3.62. The van der Waals surface area contributed by atoms with Gasteiger partial charge in [0.2, 0.25) is 5.91 Å². The number of aliphatic hydroxyl groups excluding tert-OH is 1. The second kappa shape index (κ2) is 5.64. The van der Waals surface area contributed by atoms with Crippen molar-refractivity contribution in [1.29, 1.82) is 0 Å². The number of rotatable bonds is 1. The number of carbonyl (C=O) groups excluding carboxylic acids is 1. The van der Waals surface area contributed by atoms with Crippen molar-refractivity contribution in [2.45, 2.75) is 45.8 Å². The maximum atomic E-state index is 11.2. The van der Waals surface area contributed by atoms with Crippen LogP contribution in [0.3, 0.4) is 0 Å². The lowest BCUT2D eigenvalue weighted by atomic mass is 10.0. The Morgan fingerprint density at radius 3 is 2.25 bits per heavy atom. The summed E-state index contributed by atoms with van der Waals surface area (Å²) in [6.45, 7) is 5.25. The average Bonchev–Trinajstić information content (AvgIpc) is 2.65. The summed E-state index contributed by atoms with van der Waals surface area (Å²) in [6.07, 6.45) is 2.90. The van der Waals surface area contributed by atoms with E-state index in [0.717, 1.165) is 45.4 Å². The number of hydrogen-bond acceptors (Lipinski definition) is 3. The first-order valence-electron chi connectivity index (χ1n) is 5.84.